The molecule has 1 atom stereocenters. The fourth-order valence-electron chi connectivity index (χ4n) is 2.89. The summed E-state index contributed by atoms with van der Waals surface area (Å²) in [7, 11) is 0. The number of ether oxygens (including phenoxy) is 1. The molecule has 0 radical (unpaired) electrons. The average molecular weight is 576 g/mol. The first-order valence-corrected chi connectivity index (χ1v) is 10.0. The van der Waals surface area contributed by atoms with E-state index in [1.165, 1.54) is 0 Å². The highest BCUT2D eigenvalue weighted by Gasteiger charge is 2.93. The third-order valence-electron chi connectivity index (χ3n) is 5.20. The molecule has 1 aromatic rings. The third-order valence-corrected chi connectivity index (χ3v) is 5.20. The molecule has 0 saturated heterocycles. The number of benzene rings is 1. The van der Waals surface area contributed by atoms with Crippen molar-refractivity contribution in [3.05, 3.63) is 29.8 Å². The van der Waals surface area contributed by atoms with E-state index in [1.54, 1.807) is 0 Å². The second kappa shape index (κ2) is 9.91. The minimum atomic E-state index is -8.37. The van der Waals surface area contributed by atoms with Crippen LogP contribution in [-0.2, 0) is 5.60 Å². The van der Waals surface area contributed by atoms with Gasteiger partial charge in [0.05, 0.1) is 18.6 Å². The zero-order valence-electron chi connectivity index (χ0n) is 18.7. The maximum atomic E-state index is 14.2. The molecule has 1 aromatic carbocycles. The van der Waals surface area contributed by atoms with E-state index < -0.39 is 59.3 Å². The van der Waals surface area contributed by atoms with Gasteiger partial charge in [-0.25, -0.2) is 0 Å². The smallest absolute Gasteiger partial charge is 0.460 e. The molecule has 1 N–H and O–H groups in total. The third kappa shape index (κ3) is 5.55. The van der Waals surface area contributed by atoms with Gasteiger partial charge in [-0.2, -0.15) is 65.9 Å². The van der Waals surface area contributed by atoms with Crippen LogP contribution in [0.15, 0.2) is 24.3 Å². The summed E-state index contributed by atoms with van der Waals surface area (Å²) in [4.78, 5) is 0. The van der Waals surface area contributed by atoms with Gasteiger partial charge >= 0.3 is 41.7 Å². The van der Waals surface area contributed by atoms with Crippen molar-refractivity contribution in [2.45, 2.75) is 80.4 Å². The topological polar surface area (TPSA) is 29.5 Å². The lowest BCUT2D eigenvalue weighted by Gasteiger charge is -2.42. The van der Waals surface area contributed by atoms with Crippen molar-refractivity contribution in [2.75, 3.05) is 6.61 Å². The quantitative estimate of drug-likeness (QED) is 0.203. The molecule has 0 aliphatic rings. The Morgan fingerprint density at radius 1 is 0.649 bits per heavy atom. The zero-order valence-corrected chi connectivity index (χ0v) is 18.7. The van der Waals surface area contributed by atoms with Crippen LogP contribution in [-0.4, -0.2) is 53.4 Å². The van der Waals surface area contributed by atoms with Gasteiger partial charge in [-0.15, -0.1) is 0 Å². The van der Waals surface area contributed by atoms with Gasteiger partial charge in [0.2, 0.25) is 0 Å². The van der Waals surface area contributed by atoms with Gasteiger partial charge in [0.1, 0.15) is 5.75 Å². The second-order valence-corrected chi connectivity index (χ2v) is 8.25. The second-order valence-electron chi connectivity index (χ2n) is 8.25. The summed E-state index contributed by atoms with van der Waals surface area (Å²) in [5, 5.41) is 10.2. The van der Waals surface area contributed by atoms with Crippen molar-refractivity contribution in [1.82, 2.24) is 0 Å². The highest BCUT2D eigenvalue weighted by atomic mass is 19.4. The highest BCUT2D eigenvalue weighted by Crippen LogP contribution is 2.63. The van der Waals surface area contributed by atoms with Crippen LogP contribution >= 0.6 is 0 Å². The molecule has 0 spiro atoms. The Morgan fingerprint density at radius 2 is 1.05 bits per heavy atom. The van der Waals surface area contributed by atoms with Crippen molar-refractivity contribution in [3.8, 4) is 5.75 Å². The molecule has 0 amide bonds. The van der Waals surface area contributed by atoms with Crippen LogP contribution in [0.1, 0.15) is 38.7 Å². The predicted molar refractivity (Wildman–Crippen MR) is 96.8 cm³/mol. The van der Waals surface area contributed by atoms with Gasteiger partial charge in [-0.1, -0.05) is 25.5 Å². The highest BCUT2D eigenvalue weighted by molar-refractivity contribution is 5.31. The lowest BCUT2D eigenvalue weighted by atomic mass is 9.84. The van der Waals surface area contributed by atoms with E-state index in [0.29, 0.717) is 19.8 Å². The summed E-state index contributed by atoms with van der Waals surface area (Å²) in [6.45, 7) is 2.30. The molecule has 2 nitrogen and oxygen atoms in total. The monoisotopic (exact) mass is 576 g/mol. The molecule has 0 aromatic heterocycles. The van der Waals surface area contributed by atoms with Gasteiger partial charge in [0.25, 0.3) is 0 Å². The maximum absolute atomic E-state index is 14.2. The van der Waals surface area contributed by atoms with Crippen LogP contribution in [0, 0.1) is 0 Å². The molecular weight excluding hydrogens is 557 g/mol. The Labute approximate surface area is 199 Å². The Kier molecular flexibility index (Phi) is 8.83. The maximum Gasteiger partial charge on any atom is 0.460 e. The number of hydrogen-bond acceptors (Lipinski definition) is 2. The van der Waals surface area contributed by atoms with Crippen LogP contribution in [0.5, 0.6) is 5.75 Å². The van der Waals surface area contributed by atoms with E-state index in [-0.39, 0.29) is 12.4 Å². The Balaban J connectivity index is 3.38. The number of rotatable bonds is 12. The molecule has 0 fully saturated rings. The van der Waals surface area contributed by atoms with E-state index in [9.17, 15) is 71.0 Å². The van der Waals surface area contributed by atoms with Crippen molar-refractivity contribution in [2.24, 2.45) is 0 Å². The molecule has 37 heavy (non-hydrogen) atoms. The Morgan fingerprint density at radius 3 is 1.46 bits per heavy atom. The fourth-order valence-corrected chi connectivity index (χ4v) is 2.89. The summed E-state index contributed by atoms with van der Waals surface area (Å²) in [6.07, 6.45) is -9.26. The van der Waals surface area contributed by atoms with Crippen LogP contribution in [0.2, 0.25) is 0 Å². The molecule has 0 heterocycles. The summed E-state index contributed by atoms with van der Waals surface area (Å²) in [5.74, 6) is -47.1. The van der Waals surface area contributed by atoms with Crippen molar-refractivity contribution < 1.29 is 75.7 Å². The van der Waals surface area contributed by atoms with Crippen LogP contribution < -0.4 is 4.74 Å². The first kappa shape index (κ1) is 33.0. The standard InChI is InChI=1S/C20H19F15O2/c1-3-4-9-37-12-7-5-11(6-8-12)13(2,36)10-14(21,22)15(23,24)16(25,26)17(27,28)18(29,30)19(31,32)20(33,34)35/h5-8,36H,3-4,9-10H2,1-2H3. The van der Waals surface area contributed by atoms with Gasteiger partial charge in [-0.3, -0.25) is 0 Å². The number of hydrogen-bond donors (Lipinski definition) is 1. The first-order valence-electron chi connectivity index (χ1n) is 10.0. The summed E-state index contributed by atoms with van der Waals surface area (Å²) in [6, 6.07) is 3.58. The first-order chi connectivity index (χ1) is 16.2. The van der Waals surface area contributed by atoms with Gasteiger partial charge in [0, 0.05) is 0 Å². The Bertz CT molecular complexity index is 905. The molecule has 1 unspecified atom stereocenters. The van der Waals surface area contributed by atoms with E-state index >= 15 is 0 Å². The van der Waals surface area contributed by atoms with Gasteiger partial charge in [0.15, 0.2) is 0 Å². The molecule has 216 valence electrons. The molecular formula is C20H19F15O2. The lowest BCUT2D eigenvalue weighted by Crippen LogP contribution is -2.72. The molecule has 17 heteroatoms. The van der Waals surface area contributed by atoms with Crippen molar-refractivity contribution in [1.29, 1.82) is 0 Å². The fraction of sp³-hybridized carbons (Fsp3) is 0.700. The predicted octanol–water partition coefficient (Wildman–Crippen LogP) is 7.84. The minimum absolute atomic E-state index is 0.0732. The SMILES string of the molecule is CCCCOc1ccc(C(C)(O)CC(F)(F)C(F)(F)C(F)(F)C(F)(F)C(F)(F)C(F)(F)C(F)(F)F)cc1. The number of unbranched alkanes of at least 4 members (excludes halogenated alkanes) is 1. The average Bonchev–Trinajstić information content (AvgIpc) is 2.72. The number of halogens is 15. The Hall–Kier alpha value is -2.07. The molecule has 0 aliphatic carbocycles. The largest absolute Gasteiger partial charge is 0.494 e. The summed E-state index contributed by atoms with van der Waals surface area (Å²) >= 11 is 0. The molecule has 1 rings (SSSR count). The zero-order chi connectivity index (χ0) is 29.5. The summed E-state index contributed by atoms with van der Waals surface area (Å²) < 4.78 is 205. The molecule has 0 bridgehead atoms. The van der Waals surface area contributed by atoms with Gasteiger partial charge in [-0.05, 0) is 31.0 Å². The normalized spacial score (nSPS) is 16.5. The van der Waals surface area contributed by atoms with Crippen LogP contribution in [0.25, 0.3) is 0 Å². The van der Waals surface area contributed by atoms with Crippen molar-refractivity contribution in [3.63, 3.8) is 0 Å². The number of aliphatic hydroxyl groups is 1. The van der Waals surface area contributed by atoms with Crippen molar-refractivity contribution >= 4 is 0 Å². The van der Waals surface area contributed by atoms with E-state index in [2.05, 4.69) is 0 Å². The molecule has 0 aliphatic heterocycles. The lowest BCUT2D eigenvalue weighted by molar-refractivity contribution is -0.453. The minimum Gasteiger partial charge on any atom is -0.494 e. The van der Waals surface area contributed by atoms with Crippen LogP contribution in [0.3, 0.4) is 0 Å². The van der Waals surface area contributed by atoms with E-state index in [1.807, 2.05) is 6.92 Å². The van der Waals surface area contributed by atoms with Crippen LogP contribution in [0.4, 0.5) is 65.9 Å². The van der Waals surface area contributed by atoms with Gasteiger partial charge < -0.3 is 9.84 Å². The van der Waals surface area contributed by atoms with E-state index in [4.69, 9.17) is 4.74 Å². The van der Waals surface area contributed by atoms with E-state index in [0.717, 1.165) is 24.3 Å². The molecule has 0 saturated carbocycles. The summed E-state index contributed by atoms with van der Waals surface area (Å²) in [5.41, 5.74) is -3.98. The number of alkyl halides is 15.